The highest BCUT2D eigenvalue weighted by Crippen LogP contribution is 2.48. The Balaban J connectivity index is 2.29. The largest absolute Gasteiger partial charge is 0.348 e. The SMILES string of the molecule is C/N=C1\SC2CCCC2(C)N1C. The summed E-state index contributed by atoms with van der Waals surface area (Å²) in [6.45, 7) is 2.37. The maximum Gasteiger partial charge on any atom is 0.159 e. The predicted molar refractivity (Wildman–Crippen MR) is 54.8 cm³/mol. The number of rotatable bonds is 0. The average molecular weight is 184 g/mol. The lowest BCUT2D eigenvalue weighted by molar-refractivity contribution is 0.258. The van der Waals surface area contributed by atoms with E-state index in [4.69, 9.17) is 0 Å². The number of hydrogen-bond acceptors (Lipinski definition) is 2. The van der Waals surface area contributed by atoms with Crippen LogP contribution in [0.15, 0.2) is 4.99 Å². The smallest absolute Gasteiger partial charge is 0.159 e. The Morgan fingerprint density at radius 2 is 2.42 bits per heavy atom. The highest BCUT2D eigenvalue weighted by Gasteiger charge is 2.49. The van der Waals surface area contributed by atoms with Crippen LogP contribution in [0.5, 0.6) is 0 Å². The molecule has 12 heavy (non-hydrogen) atoms. The molecule has 1 aliphatic carbocycles. The zero-order valence-corrected chi connectivity index (χ0v) is 8.82. The second-order valence-corrected chi connectivity index (χ2v) is 5.09. The van der Waals surface area contributed by atoms with E-state index in [2.05, 4.69) is 23.9 Å². The summed E-state index contributed by atoms with van der Waals surface area (Å²) in [5.41, 5.74) is 0.402. The number of fused-ring (bicyclic) bond motifs is 1. The van der Waals surface area contributed by atoms with Gasteiger partial charge in [-0.05, 0) is 26.2 Å². The van der Waals surface area contributed by atoms with Gasteiger partial charge in [-0.2, -0.15) is 0 Å². The molecule has 1 saturated carbocycles. The topological polar surface area (TPSA) is 15.6 Å². The van der Waals surface area contributed by atoms with Crippen LogP contribution in [-0.4, -0.2) is 35.0 Å². The molecule has 2 unspecified atom stereocenters. The first kappa shape index (κ1) is 8.42. The van der Waals surface area contributed by atoms with Crippen LogP contribution in [-0.2, 0) is 0 Å². The molecule has 0 N–H and O–H groups in total. The lowest BCUT2D eigenvalue weighted by Crippen LogP contribution is -2.43. The fourth-order valence-corrected chi connectivity index (χ4v) is 3.86. The second kappa shape index (κ2) is 2.66. The van der Waals surface area contributed by atoms with Gasteiger partial charge >= 0.3 is 0 Å². The monoisotopic (exact) mass is 184 g/mol. The fourth-order valence-electron chi connectivity index (χ4n) is 2.31. The van der Waals surface area contributed by atoms with E-state index >= 15 is 0 Å². The van der Waals surface area contributed by atoms with Crippen LogP contribution < -0.4 is 0 Å². The summed E-state index contributed by atoms with van der Waals surface area (Å²) in [7, 11) is 4.07. The van der Waals surface area contributed by atoms with E-state index in [1.165, 1.54) is 24.4 Å². The Hall–Kier alpha value is -0.180. The van der Waals surface area contributed by atoms with Crippen molar-refractivity contribution in [2.24, 2.45) is 4.99 Å². The van der Waals surface area contributed by atoms with Crippen LogP contribution in [0.3, 0.4) is 0 Å². The van der Waals surface area contributed by atoms with Crippen molar-refractivity contribution in [2.45, 2.75) is 37.0 Å². The quantitative estimate of drug-likeness (QED) is 0.572. The third-order valence-corrected chi connectivity index (χ3v) is 5.03. The molecule has 0 amide bonds. The van der Waals surface area contributed by atoms with Crippen LogP contribution in [0.1, 0.15) is 26.2 Å². The minimum Gasteiger partial charge on any atom is -0.348 e. The molecule has 1 saturated heterocycles. The van der Waals surface area contributed by atoms with E-state index in [-0.39, 0.29) is 0 Å². The molecule has 1 heterocycles. The van der Waals surface area contributed by atoms with Crippen molar-refractivity contribution in [3.05, 3.63) is 0 Å². The van der Waals surface area contributed by atoms with Crippen LogP contribution in [0, 0.1) is 0 Å². The molecule has 2 nitrogen and oxygen atoms in total. The second-order valence-electron chi connectivity index (χ2n) is 3.92. The molecule has 0 bridgehead atoms. The van der Waals surface area contributed by atoms with Crippen molar-refractivity contribution in [2.75, 3.05) is 14.1 Å². The zero-order chi connectivity index (χ0) is 8.77. The maximum atomic E-state index is 4.30. The Bertz CT molecular complexity index is 227. The van der Waals surface area contributed by atoms with Gasteiger partial charge in [0.05, 0.1) is 5.54 Å². The molecule has 68 valence electrons. The summed E-state index contributed by atoms with van der Waals surface area (Å²) >= 11 is 1.96. The minimum absolute atomic E-state index is 0.402. The molecule has 2 rings (SSSR count). The van der Waals surface area contributed by atoms with Crippen LogP contribution in [0.2, 0.25) is 0 Å². The predicted octanol–water partition coefficient (Wildman–Crippen LogP) is 1.96. The van der Waals surface area contributed by atoms with Gasteiger partial charge in [-0.3, -0.25) is 4.99 Å². The molecule has 0 radical (unpaired) electrons. The number of thioether (sulfide) groups is 1. The Labute approximate surface area is 78.4 Å². The normalized spacial score (nSPS) is 44.1. The highest BCUT2D eigenvalue weighted by atomic mass is 32.2. The van der Waals surface area contributed by atoms with Gasteiger partial charge in [0.2, 0.25) is 0 Å². The molecule has 2 fully saturated rings. The summed E-state index contributed by atoms with van der Waals surface area (Å²) in [4.78, 5) is 6.67. The first-order valence-electron chi connectivity index (χ1n) is 4.56. The van der Waals surface area contributed by atoms with E-state index in [1.54, 1.807) is 0 Å². The van der Waals surface area contributed by atoms with Crippen molar-refractivity contribution in [3.63, 3.8) is 0 Å². The molecule has 2 atom stereocenters. The zero-order valence-electron chi connectivity index (χ0n) is 8.00. The van der Waals surface area contributed by atoms with Gasteiger partial charge in [-0.1, -0.05) is 11.8 Å². The van der Waals surface area contributed by atoms with E-state index in [0.717, 1.165) is 5.25 Å². The van der Waals surface area contributed by atoms with Gasteiger partial charge in [-0.15, -0.1) is 0 Å². The highest BCUT2D eigenvalue weighted by molar-refractivity contribution is 8.14. The number of amidine groups is 1. The van der Waals surface area contributed by atoms with Gasteiger partial charge in [0.15, 0.2) is 5.17 Å². The molecule has 3 heteroatoms. The summed E-state index contributed by atoms with van der Waals surface area (Å²) < 4.78 is 0. The van der Waals surface area contributed by atoms with E-state index in [1.807, 2.05) is 18.8 Å². The lowest BCUT2D eigenvalue weighted by atomic mass is 9.99. The molecule has 0 aromatic carbocycles. The van der Waals surface area contributed by atoms with Crippen molar-refractivity contribution in [1.82, 2.24) is 4.90 Å². The Kier molecular flexibility index (Phi) is 1.86. The molecule has 1 aliphatic heterocycles. The Morgan fingerprint density at radius 1 is 1.67 bits per heavy atom. The average Bonchev–Trinajstić information content (AvgIpc) is 2.51. The van der Waals surface area contributed by atoms with Crippen LogP contribution in [0.25, 0.3) is 0 Å². The van der Waals surface area contributed by atoms with E-state index < -0.39 is 0 Å². The number of hydrogen-bond donors (Lipinski definition) is 0. The van der Waals surface area contributed by atoms with Crippen LogP contribution >= 0.6 is 11.8 Å². The van der Waals surface area contributed by atoms with Gasteiger partial charge in [0, 0.05) is 19.3 Å². The molecular weight excluding hydrogens is 168 g/mol. The standard InChI is InChI=1S/C9H16N2S/c1-9-6-4-5-7(9)12-8(10-2)11(9)3/h7H,4-6H2,1-3H3/b10-8-. The summed E-state index contributed by atoms with van der Waals surface area (Å²) in [6, 6.07) is 0. The Morgan fingerprint density at radius 3 is 3.00 bits per heavy atom. The molecule has 0 aromatic rings. The summed E-state index contributed by atoms with van der Waals surface area (Å²) in [6.07, 6.45) is 4.08. The third kappa shape index (κ3) is 0.920. The molecule has 0 aromatic heterocycles. The van der Waals surface area contributed by atoms with E-state index in [0.29, 0.717) is 5.54 Å². The van der Waals surface area contributed by atoms with Gasteiger partial charge in [-0.25, -0.2) is 0 Å². The molecule has 2 aliphatic rings. The first-order valence-corrected chi connectivity index (χ1v) is 5.44. The van der Waals surface area contributed by atoms with Gasteiger partial charge in [0.1, 0.15) is 0 Å². The van der Waals surface area contributed by atoms with E-state index in [9.17, 15) is 0 Å². The van der Waals surface area contributed by atoms with Crippen molar-refractivity contribution >= 4 is 16.9 Å². The molecule has 0 spiro atoms. The fraction of sp³-hybridized carbons (Fsp3) is 0.889. The minimum atomic E-state index is 0.402. The number of aliphatic imine (C=N–C) groups is 1. The van der Waals surface area contributed by atoms with Crippen molar-refractivity contribution < 1.29 is 0 Å². The maximum absolute atomic E-state index is 4.30. The number of nitrogens with zero attached hydrogens (tertiary/aromatic N) is 2. The van der Waals surface area contributed by atoms with Gasteiger partial charge < -0.3 is 4.90 Å². The lowest BCUT2D eigenvalue weighted by Gasteiger charge is -2.31. The van der Waals surface area contributed by atoms with Gasteiger partial charge in [0.25, 0.3) is 0 Å². The first-order chi connectivity index (χ1) is 5.68. The third-order valence-electron chi connectivity index (χ3n) is 3.33. The van der Waals surface area contributed by atoms with Crippen LogP contribution in [0.4, 0.5) is 0 Å². The van der Waals surface area contributed by atoms with Crippen molar-refractivity contribution in [3.8, 4) is 0 Å². The summed E-state index contributed by atoms with van der Waals surface area (Å²) in [5.74, 6) is 0. The van der Waals surface area contributed by atoms with Crippen molar-refractivity contribution in [1.29, 1.82) is 0 Å². The summed E-state index contributed by atoms with van der Waals surface area (Å²) in [5, 5.41) is 2.02. The molecular formula is C9H16N2S.